The summed E-state index contributed by atoms with van der Waals surface area (Å²) in [6.07, 6.45) is 3.74. The van der Waals surface area contributed by atoms with Crippen LogP contribution in [0.2, 0.25) is 5.02 Å². The lowest BCUT2D eigenvalue weighted by molar-refractivity contribution is -0.0711. The predicted octanol–water partition coefficient (Wildman–Crippen LogP) is 2.73. The third-order valence-corrected chi connectivity index (χ3v) is 4.64. The Morgan fingerprint density at radius 1 is 1.40 bits per heavy atom. The fourth-order valence-corrected chi connectivity index (χ4v) is 3.80. The van der Waals surface area contributed by atoms with Crippen LogP contribution < -0.4 is 5.73 Å². The van der Waals surface area contributed by atoms with Crippen LogP contribution in [-0.4, -0.2) is 36.7 Å². The molecule has 1 aromatic carbocycles. The van der Waals surface area contributed by atoms with Gasteiger partial charge >= 0.3 is 0 Å². The maximum atomic E-state index is 13.6. The molecule has 0 radical (unpaired) electrons. The SMILES string of the molecule is NCC(c1cc(F)cc(Cl)c1)N1CCOC2CCCC21. The number of nitrogens with zero attached hydrogens (tertiary/aromatic N) is 1. The summed E-state index contributed by atoms with van der Waals surface area (Å²) in [6, 6.07) is 5.11. The fourth-order valence-electron chi connectivity index (χ4n) is 3.57. The van der Waals surface area contributed by atoms with Gasteiger partial charge < -0.3 is 10.5 Å². The van der Waals surface area contributed by atoms with Crippen LogP contribution in [0.5, 0.6) is 0 Å². The molecule has 1 saturated heterocycles. The summed E-state index contributed by atoms with van der Waals surface area (Å²) in [5.41, 5.74) is 6.84. The summed E-state index contributed by atoms with van der Waals surface area (Å²) < 4.78 is 19.4. The first-order valence-corrected chi connectivity index (χ1v) is 7.60. The lowest BCUT2D eigenvalue weighted by Gasteiger charge is -2.42. The van der Waals surface area contributed by atoms with Crippen molar-refractivity contribution in [1.29, 1.82) is 0 Å². The van der Waals surface area contributed by atoms with Gasteiger partial charge in [-0.3, -0.25) is 4.90 Å². The topological polar surface area (TPSA) is 38.5 Å². The number of hydrogen-bond donors (Lipinski definition) is 1. The number of nitrogens with two attached hydrogens (primary N) is 1. The molecule has 3 unspecified atom stereocenters. The summed E-state index contributed by atoms with van der Waals surface area (Å²) in [4.78, 5) is 2.38. The van der Waals surface area contributed by atoms with Gasteiger partial charge in [0.15, 0.2) is 0 Å². The zero-order chi connectivity index (χ0) is 14.1. The maximum Gasteiger partial charge on any atom is 0.125 e. The minimum atomic E-state index is -0.304. The van der Waals surface area contributed by atoms with Gasteiger partial charge in [0.1, 0.15) is 5.82 Å². The van der Waals surface area contributed by atoms with Gasteiger partial charge in [-0.2, -0.15) is 0 Å². The Bertz CT molecular complexity index is 465. The molecular formula is C15H20ClFN2O. The number of morpholine rings is 1. The Balaban J connectivity index is 1.88. The molecular weight excluding hydrogens is 279 g/mol. The Morgan fingerprint density at radius 3 is 3.00 bits per heavy atom. The Kier molecular flexibility index (Phi) is 4.26. The van der Waals surface area contributed by atoms with Gasteiger partial charge in [0.2, 0.25) is 0 Å². The molecule has 1 aliphatic carbocycles. The zero-order valence-electron chi connectivity index (χ0n) is 11.4. The summed E-state index contributed by atoms with van der Waals surface area (Å²) in [5.74, 6) is -0.304. The van der Waals surface area contributed by atoms with Crippen molar-refractivity contribution >= 4 is 11.6 Å². The van der Waals surface area contributed by atoms with Crippen LogP contribution in [0.25, 0.3) is 0 Å². The standard InChI is InChI=1S/C15H20ClFN2O/c16-11-6-10(7-12(17)8-11)14(9-18)19-4-5-20-15-3-1-2-13(15)19/h6-8,13-15H,1-5,9,18H2. The van der Waals surface area contributed by atoms with Crippen LogP contribution in [-0.2, 0) is 4.74 Å². The van der Waals surface area contributed by atoms with E-state index >= 15 is 0 Å². The van der Waals surface area contributed by atoms with E-state index in [9.17, 15) is 4.39 Å². The molecule has 5 heteroatoms. The first-order chi connectivity index (χ1) is 9.69. The highest BCUT2D eigenvalue weighted by Crippen LogP contribution is 2.35. The van der Waals surface area contributed by atoms with Crippen molar-refractivity contribution in [3.05, 3.63) is 34.6 Å². The van der Waals surface area contributed by atoms with Gasteiger partial charge in [0.25, 0.3) is 0 Å². The van der Waals surface area contributed by atoms with Crippen LogP contribution in [0, 0.1) is 5.82 Å². The van der Waals surface area contributed by atoms with E-state index in [0.29, 0.717) is 23.7 Å². The average Bonchev–Trinajstić information content (AvgIpc) is 2.87. The van der Waals surface area contributed by atoms with Crippen molar-refractivity contribution < 1.29 is 9.13 Å². The van der Waals surface area contributed by atoms with E-state index in [-0.39, 0.29) is 11.9 Å². The van der Waals surface area contributed by atoms with Crippen LogP contribution >= 0.6 is 11.6 Å². The molecule has 2 aliphatic rings. The van der Waals surface area contributed by atoms with E-state index in [4.69, 9.17) is 22.1 Å². The van der Waals surface area contributed by atoms with E-state index < -0.39 is 0 Å². The zero-order valence-corrected chi connectivity index (χ0v) is 12.2. The molecule has 0 bridgehead atoms. The summed E-state index contributed by atoms with van der Waals surface area (Å²) in [7, 11) is 0. The molecule has 1 aromatic rings. The van der Waals surface area contributed by atoms with E-state index in [1.54, 1.807) is 6.07 Å². The van der Waals surface area contributed by atoms with Gasteiger partial charge in [-0.05, 0) is 43.0 Å². The number of benzene rings is 1. The van der Waals surface area contributed by atoms with Crippen LogP contribution in [0.3, 0.4) is 0 Å². The van der Waals surface area contributed by atoms with E-state index in [0.717, 1.165) is 31.6 Å². The van der Waals surface area contributed by atoms with Crippen molar-refractivity contribution in [1.82, 2.24) is 4.90 Å². The lowest BCUT2D eigenvalue weighted by atomic mass is 10.0. The number of ether oxygens (including phenoxy) is 1. The van der Waals surface area contributed by atoms with Crippen molar-refractivity contribution in [2.45, 2.75) is 37.5 Å². The van der Waals surface area contributed by atoms with Crippen LogP contribution in [0.15, 0.2) is 18.2 Å². The van der Waals surface area contributed by atoms with Gasteiger partial charge in [0, 0.05) is 30.2 Å². The largest absolute Gasteiger partial charge is 0.375 e. The molecule has 1 aliphatic heterocycles. The highest BCUT2D eigenvalue weighted by Gasteiger charge is 2.39. The lowest BCUT2D eigenvalue weighted by Crippen LogP contribution is -2.51. The van der Waals surface area contributed by atoms with Gasteiger partial charge in [0.05, 0.1) is 12.7 Å². The fraction of sp³-hybridized carbons (Fsp3) is 0.600. The average molecular weight is 299 g/mol. The summed E-state index contributed by atoms with van der Waals surface area (Å²) >= 11 is 5.98. The molecule has 1 heterocycles. The monoisotopic (exact) mass is 298 g/mol. The van der Waals surface area contributed by atoms with Crippen molar-refractivity contribution in [3.8, 4) is 0 Å². The molecule has 0 aromatic heterocycles. The van der Waals surface area contributed by atoms with E-state index in [1.807, 2.05) is 6.07 Å². The Hall–Kier alpha value is -0.680. The number of rotatable bonds is 3. The third-order valence-electron chi connectivity index (χ3n) is 4.42. The number of hydrogen-bond acceptors (Lipinski definition) is 3. The second-order valence-electron chi connectivity index (χ2n) is 5.60. The molecule has 2 N–H and O–H groups in total. The van der Waals surface area contributed by atoms with Crippen molar-refractivity contribution in [2.75, 3.05) is 19.7 Å². The quantitative estimate of drug-likeness (QED) is 0.932. The Morgan fingerprint density at radius 2 is 2.25 bits per heavy atom. The van der Waals surface area contributed by atoms with Crippen molar-refractivity contribution in [2.24, 2.45) is 5.73 Å². The summed E-state index contributed by atoms with van der Waals surface area (Å²) in [6.45, 7) is 2.03. The number of fused-ring (bicyclic) bond motifs is 1. The van der Waals surface area contributed by atoms with Crippen LogP contribution in [0.1, 0.15) is 30.9 Å². The first-order valence-electron chi connectivity index (χ1n) is 7.22. The first kappa shape index (κ1) is 14.3. The highest BCUT2D eigenvalue weighted by atomic mass is 35.5. The van der Waals surface area contributed by atoms with E-state index in [2.05, 4.69) is 4.90 Å². The maximum absolute atomic E-state index is 13.6. The molecule has 2 fully saturated rings. The molecule has 3 nitrogen and oxygen atoms in total. The molecule has 3 atom stereocenters. The molecule has 3 rings (SSSR count). The third kappa shape index (κ3) is 2.70. The smallest absolute Gasteiger partial charge is 0.125 e. The molecule has 0 amide bonds. The normalized spacial score (nSPS) is 28.4. The number of halogens is 2. The second kappa shape index (κ2) is 5.98. The highest BCUT2D eigenvalue weighted by molar-refractivity contribution is 6.30. The van der Waals surface area contributed by atoms with Crippen LogP contribution in [0.4, 0.5) is 4.39 Å². The molecule has 0 spiro atoms. The van der Waals surface area contributed by atoms with Gasteiger partial charge in [-0.15, -0.1) is 0 Å². The van der Waals surface area contributed by atoms with E-state index in [1.165, 1.54) is 12.5 Å². The Labute approximate surface area is 123 Å². The molecule has 110 valence electrons. The summed E-state index contributed by atoms with van der Waals surface area (Å²) in [5, 5.41) is 0.426. The minimum absolute atomic E-state index is 0.0118. The van der Waals surface area contributed by atoms with Gasteiger partial charge in [-0.1, -0.05) is 11.6 Å². The van der Waals surface area contributed by atoms with Crippen molar-refractivity contribution in [3.63, 3.8) is 0 Å². The van der Waals surface area contributed by atoms with Gasteiger partial charge in [-0.25, -0.2) is 4.39 Å². The molecule has 20 heavy (non-hydrogen) atoms. The minimum Gasteiger partial charge on any atom is -0.375 e. The molecule has 1 saturated carbocycles. The second-order valence-corrected chi connectivity index (χ2v) is 6.04. The predicted molar refractivity (Wildman–Crippen MR) is 77.3 cm³/mol.